The summed E-state index contributed by atoms with van der Waals surface area (Å²) in [5.41, 5.74) is 3.08. The monoisotopic (exact) mass is 321 g/mol. The second-order valence-electron chi connectivity index (χ2n) is 6.89. The van der Waals surface area contributed by atoms with E-state index < -0.39 is 0 Å². The van der Waals surface area contributed by atoms with Crippen molar-refractivity contribution in [3.8, 4) is 0 Å². The molecule has 1 atom stereocenters. The number of aryl methyl sites for hydroxylation is 1. The van der Waals surface area contributed by atoms with E-state index in [1.54, 1.807) is 19.0 Å². The highest BCUT2D eigenvalue weighted by Gasteiger charge is 2.29. The van der Waals surface area contributed by atoms with Crippen LogP contribution in [0.25, 0.3) is 0 Å². The van der Waals surface area contributed by atoms with Gasteiger partial charge in [0.25, 0.3) is 5.91 Å². The molecule has 1 N–H and O–H groups in total. The van der Waals surface area contributed by atoms with Crippen LogP contribution in [-0.4, -0.2) is 72.8 Å². The largest absolute Gasteiger partial charge is 0.343 e. The molecule has 1 amide bonds. The van der Waals surface area contributed by atoms with E-state index in [9.17, 15) is 4.79 Å². The molecule has 1 heterocycles. The van der Waals surface area contributed by atoms with Crippen LogP contribution in [-0.2, 0) is 19.4 Å². The highest BCUT2D eigenvalue weighted by molar-refractivity contribution is 5.93. The Kier molecular flexibility index (Phi) is 6.18. The molecule has 2 rings (SSSR count). The fourth-order valence-electron chi connectivity index (χ4n) is 3.13. The van der Waals surface area contributed by atoms with Crippen molar-refractivity contribution in [2.24, 2.45) is 0 Å². The Morgan fingerprint density at radius 3 is 2.70 bits per heavy atom. The van der Waals surface area contributed by atoms with E-state index in [0.717, 1.165) is 50.9 Å². The average Bonchev–Trinajstić information content (AvgIpc) is 2.84. The van der Waals surface area contributed by atoms with Gasteiger partial charge in [-0.1, -0.05) is 6.92 Å². The lowest BCUT2D eigenvalue weighted by atomic mass is 9.91. The molecule has 130 valence electrons. The summed E-state index contributed by atoms with van der Waals surface area (Å²) in [6, 6.07) is 0.440. The van der Waals surface area contributed by atoms with Crippen molar-refractivity contribution in [2.45, 2.75) is 45.2 Å². The predicted molar refractivity (Wildman–Crippen MR) is 92.9 cm³/mol. The van der Waals surface area contributed by atoms with Gasteiger partial charge in [-0.2, -0.15) is 5.10 Å². The Morgan fingerprint density at radius 1 is 1.35 bits per heavy atom. The van der Waals surface area contributed by atoms with E-state index in [-0.39, 0.29) is 5.91 Å². The Bertz CT molecular complexity index is 535. The molecule has 0 aliphatic heterocycles. The maximum Gasteiger partial charge on any atom is 0.274 e. The van der Waals surface area contributed by atoms with E-state index in [2.05, 4.69) is 41.0 Å². The number of hydrogen-bond acceptors (Lipinski definition) is 4. The summed E-state index contributed by atoms with van der Waals surface area (Å²) in [5.74, 6) is 0.0186. The molecule has 23 heavy (non-hydrogen) atoms. The van der Waals surface area contributed by atoms with Crippen molar-refractivity contribution in [3.05, 3.63) is 17.0 Å². The van der Waals surface area contributed by atoms with Crippen LogP contribution in [0, 0.1) is 0 Å². The molecule has 6 heteroatoms. The number of carbonyl (C=O) groups excluding carboxylic acids is 1. The minimum absolute atomic E-state index is 0.0186. The van der Waals surface area contributed by atoms with E-state index >= 15 is 0 Å². The predicted octanol–water partition coefficient (Wildman–Crippen LogP) is 1.00. The van der Waals surface area contributed by atoms with Crippen LogP contribution in [0.1, 0.15) is 41.5 Å². The van der Waals surface area contributed by atoms with Crippen LogP contribution in [0.3, 0.4) is 0 Å². The van der Waals surface area contributed by atoms with Crippen molar-refractivity contribution in [3.63, 3.8) is 0 Å². The standard InChI is InChI=1S/C17H31N5O/c1-6-10-22-15-8-7-13(18-9-11-20(2)3)12-14(15)16(19-22)17(23)21(4)5/h13,18H,6-12H2,1-5H3. The zero-order chi connectivity index (χ0) is 17.0. The van der Waals surface area contributed by atoms with Gasteiger partial charge in [0, 0.05) is 51.0 Å². The van der Waals surface area contributed by atoms with Crippen LogP contribution in [0.5, 0.6) is 0 Å². The molecule has 1 aliphatic carbocycles. The second-order valence-corrected chi connectivity index (χ2v) is 6.89. The maximum atomic E-state index is 12.5. The molecule has 1 aromatic heterocycles. The van der Waals surface area contributed by atoms with Crippen LogP contribution < -0.4 is 5.32 Å². The van der Waals surface area contributed by atoms with Gasteiger partial charge in [0.2, 0.25) is 0 Å². The first-order valence-corrected chi connectivity index (χ1v) is 8.62. The molecule has 0 saturated heterocycles. The zero-order valence-corrected chi connectivity index (χ0v) is 15.2. The summed E-state index contributed by atoms with van der Waals surface area (Å²) in [6.07, 6.45) is 4.06. The van der Waals surface area contributed by atoms with Crippen molar-refractivity contribution in [1.29, 1.82) is 0 Å². The van der Waals surface area contributed by atoms with Gasteiger partial charge in [0.05, 0.1) is 0 Å². The summed E-state index contributed by atoms with van der Waals surface area (Å²) in [7, 11) is 7.76. The zero-order valence-electron chi connectivity index (χ0n) is 15.2. The van der Waals surface area contributed by atoms with E-state index in [0.29, 0.717) is 11.7 Å². The third-order valence-electron chi connectivity index (χ3n) is 4.38. The molecule has 1 unspecified atom stereocenters. The van der Waals surface area contributed by atoms with E-state index in [1.165, 1.54) is 5.69 Å². The van der Waals surface area contributed by atoms with Gasteiger partial charge in [-0.05, 0) is 39.8 Å². The number of nitrogens with one attached hydrogen (secondary N) is 1. The van der Waals surface area contributed by atoms with Crippen molar-refractivity contribution in [2.75, 3.05) is 41.3 Å². The molecule has 0 fully saturated rings. The number of carbonyl (C=O) groups is 1. The van der Waals surface area contributed by atoms with Gasteiger partial charge < -0.3 is 15.1 Å². The van der Waals surface area contributed by atoms with Crippen molar-refractivity contribution in [1.82, 2.24) is 24.9 Å². The fourth-order valence-corrected chi connectivity index (χ4v) is 3.13. The molecule has 1 aliphatic rings. The summed E-state index contributed by atoms with van der Waals surface area (Å²) in [5, 5.41) is 8.26. The smallest absolute Gasteiger partial charge is 0.274 e. The highest BCUT2D eigenvalue weighted by Crippen LogP contribution is 2.26. The number of amides is 1. The molecule has 0 saturated carbocycles. The number of aromatic nitrogens is 2. The molecular formula is C17H31N5O. The van der Waals surface area contributed by atoms with Gasteiger partial charge in [-0.15, -0.1) is 0 Å². The molecule has 0 aromatic carbocycles. The highest BCUT2D eigenvalue weighted by atomic mass is 16.2. The van der Waals surface area contributed by atoms with Gasteiger partial charge in [0.15, 0.2) is 5.69 Å². The van der Waals surface area contributed by atoms with E-state index in [1.807, 2.05) is 0 Å². The Balaban J connectivity index is 2.16. The topological polar surface area (TPSA) is 53.4 Å². The fraction of sp³-hybridized carbons (Fsp3) is 0.765. The quantitative estimate of drug-likeness (QED) is 0.814. The first kappa shape index (κ1) is 17.9. The molecule has 6 nitrogen and oxygen atoms in total. The molecule has 0 spiro atoms. The lowest BCUT2D eigenvalue weighted by molar-refractivity contribution is 0.0819. The number of nitrogens with zero attached hydrogens (tertiary/aromatic N) is 4. The maximum absolute atomic E-state index is 12.5. The lowest BCUT2D eigenvalue weighted by Gasteiger charge is -2.25. The molecule has 1 aromatic rings. The van der Waals surface area contributed by atoms with Crippen molar-refractivity contribution >= 4 is 5.91 Å². The summed E-state index contributed by atoms with van der Waals surface area (Å²) < 4.78 is 2.06. The van der Waals surface area contributed by atoms with Gasteiger partial charge in [0.1, 0.15) is 0 Å². The van der Waals surface area contributed by atoms with Gasteiger partial charge in [-0.25, -0.2) is 0 Å². The SMILES string of the molecule is CCCn1nc(C(=O)N(C)C)c2c1CCC(NCCN(C)C)C2. The van der Waals surface area contributed by atoms with E-state index in [4.69, 9.17) is 0 Å². The number of fused-ring (bicyclic) bond motifs is 1. The van der Waals surface area contributed by atoms with Crippen LogP contribution in [0.2, 0.25) is 0 Å². The van der Waals surface area contributed by atoms with Crippen LogP contribution in [0.4, 0.5) is 0 Å². The number of likely N-dealkylation sites (N-methyl/N-ethyl adjacent to an activating group) is 1. The molecule has 0 bridgehead atoms. The lowest BCUT2D eigenvalue weighted by Crippen LogP contribution is -2.39. The summed E-state index contributed by atoms with van der Waals surface area (Å²) in [6.45, 7) is 5.05. The minimum Gasteiger partial charge on any atom is -0.343 e. The second kappa shape index (κ2) is 7.93. The third kappa shape index (κ3) is 4.32. The average molecular weight is 321 g/mol. The number of hydrogen-bond donors (Lipinski definition) is 1. The normalized spacial score (nSPS) is 17.4. The van der Waals surface area contributed by atoms with Gasteiger partial charge in [-0.3, -0.25) is 9.48 Å². The first-order valence-electron chi connectivity index (χ1n) is 8.62. The first-order chi connectivity index (χ1) is 10.9. The molecule has 0 radical (unpaired) electrons. The molecular weight excluding hydrogens is 290 g/mol. The van der Waals surface area contributed by atoms with Gasteiger partial charge >= 0.3 is 0 Å². The summed E-state index contributed by atoms with van der Waals surface area (Å²) >= 11 is 0. The summed E-state index contributed by atoms with van der Waals surface area (Å²) in [4.78, 5) is 16.3. The minimum atomic E-state index is 0.0186. The number of rotatable bonds is 7. The Morgan fingerprint density at radius 2 is 2.09 bits per heavy atom. The Hall–Kier alpha value is -1.40. The van der Waals surface area contributed by atoms with Crippen LogP contribution in [0.15, 0.2) is 0 Å². The third-order valence-corrected chi connectivity index (χ3v) is 4.38. The van der Waals surface area contributed by atoms with Crippen LogP contribution >= 0.6 is 0 Å². The van der Waals surface area contributed by atoms with Crippen molar-refractivity contribution < 1.29 is 4.79 Å². The Labute approximate surface area is 139 Å².